The van der Waals surface area contributed by atoms with Gasteiger partial charge in [-0.25, -0.2) is 14.6 Å². The summed E-state index contributed by atoms with van der Waals surface area (Å²) in [6.07, 6.45) is -5.62. The number of piperidine rings is 1. The van der Waals surface area contributed by atoms with Gasteiger partial charge in [0.05, 0.1) is 31.1 Å². The first-order chi connectivity index (χ1) is 22.3. The molecule has 0 spiro atoms. The molecule has 0 radical (unpaired) electrons. The van der Waals surface area contributed by atoms with E-state index in [-0.39, 0.29) is 50.6 Å². The molecule has 0 unspecified atom stereocenters. The van der Waals surface area contributed by atoms with Crippen LogP contribution in [0, 0.1) is 0 Å². The Labute approximate surface area is 266 Å². The second-order valence-electron chi connectivity index (χ2n) is 10.7. The first kappa shape index (κ1) is 35.4. The summed E-state index contributed by atoms with van der Waals surface area (Å²) in [4.78, 5) is 36.7. The van der Waals surface area contributed by atoms with Crippen LogP contribution in [-0.2, 0) is 28.4 Å². The molecule has 1 aliphatic rings. The van der Waals surface area contributed by atoms with Crippen molar-refractivity contribution in [3.8, 4) is 5.75 Å². The molecule has 1 aromatic carbocycles. The van der Waals surface area contributed by atoms with Gasteiger partial charge in [0.15, 0.2) is 0 Å². The molecule has 0 bridgehead atoms. The van der Waals surface area contributed by atoms with Crippen LogP contribution in [0.15, 0.2) is 47.7 Å². The minimum atomic E-state index is -4.92. The van der Waals surface area contributed by atoms with Gasteiger partial charge in [-0.1, -0.05) is 12.1 Å². The van der Waals surface area contributed by atoms with Crippen molar-refractivity contribution >= 4 is 17.5 Å². The SMILES string of the molecule is CCN(C(=O)COCCCNc1cnn(Cc2ccc(OC)cc2)c(=O)c1C(F)(F)F)C1CCN(c2ncc(C(F)(F)F)cn2)CC1. The predicted molar refractivity (Wildman–Crippen MR) is 159 cm³/mol. The van der Waals surface area contributed by atoms with Gasteiger partial charge in [0.2, 0.25) is 11.9 Å². The second kappa shape index (κ2) is 15.5. The van der Waals surface area contributed by atoms with Crippen molar-refractivity contribution in [1.82, 2.24) is 24.6 Å². The van der Waals surface area contributed by atoms with Crippen LogP contribution in [0.25, 0.3) is 0 Å². The van der Waals surface area contributed by atoms with Crippen LogP contribution >= 0.6 is 0 Å². The van der Waals surface area contributed by atoms with Crippen LogP contribution in [0.2, 0.25) is 0 Å². The van der Waals surface area contributed by atoms with E-state index in [9.17, 15) is 35.9 Å². The third-order valence-electron chi connectivity index (χ3n) is 7.64. The van der Waals surface area contributed by atoms with Gasteiger partial charge in [-0.2, -0.15) is 31.4 Å². The van der Waals surface area contributed by atoms with E-state index in [1.165, 1.54) is 7.11 Å². The number of ether oxygens (including phenoxy) is 2. The number of nitrogens with one attached hydrogen (secondary N) is 1. The van der Waals surface area contributed by atoms with Crippen LogP contribution in [0.5, 0.6) is 5.75 Å². The van der Waals surface area contributed by atoms with E-state index in [0.29, 0.717) is 43.8 Å². The Bertz CT molecular complexity index is 1520. The Balaban J connectivity index is 1.23. The number of alkyl halides is 6. The molecule has 0 saturated carbocycles. The van der Waals surface area contributed by atoms with Gasteiger partial charge in [0.1, 0.15) is 17.9 Å². The first-order valence-electron chi connectivity index (χ1n) is 14.9. The number of halogens is 6. The molecule has 1 fully saturated rings. The fraction of sp³-hybridized carbons (Fsp3) is 0.500. The molecule has 3 aromatic rings. The van der Waals surface area contributed by atoms with Gasteiger partial charge >= 0.3 is 12.4 Å². The Kier molecular flexibility index (Phi) is 11.7. The molecular formula is C30H35F6N7O4. The number of amides is 1. The van der Waals surface area contributed by atoms with E-state index >= 15 is 0 Å². The molecule has 11 nitrogen and oxygen atoms in total. The van der Waals surface area contributed by atoms with Gasteiger partial charge in [0.25, 0.3) is 5.56 Å². The maximum Gasteiger partial charge on any atom is 0.423 e. The number of carbonyl (C=O) groups is 1. The first-order valence-corrected chi connectivity index (χ1v) is 14.9. The lowest BCUT2D eigenvalue weighted by atomic mass is 10.0. The lowest BCUT2D eigenvalue weighted by Crippen LogP contribution is -2.48. The van der Waals surface area contributed by atoms with E-state index < -0.39 is 34.7 Å². The third-order valence-corrected chi connectivity index (χ3v) is 7.64. The normalized spacial score (nSPS) is 14.3. The summed E-state index contributed by atoms with van der Waals surface area (Å²) in [5.41, 5.74) is -3.44. The zero-order chi connectivity index (χ0) is 34.2. The van der Waals surface area contributed by atoms with Crippen LogP contribution < -0.4 is 20.5 Å². The zero-order valence-electron chi connectivity index (χ0n) is 25.8. The number of methoxy groups -OCH3 is 1. The topological polar surface area (TPSA) is 115 Å². The molecule has 256 valence electrons. The minimum absolute atomic E-state index is 0.0306. The van der Waals surface area contributed by atoms with Crippen molar-refractivity contribution in [2.75, 3.05) is 56.7 Å². The molecular weight excluding hydrogens is 636 g/mol. The number of benzene rings is 1. The largest absolute Gasteiger partial charge is 0.497 e. The number of carbonyl (C=O) groups excluding carboxylic acids is 1. The van der Waals surface area contributed by atoms with Gasteiger partial charge in [-0.05, 0) is 43.9 Å². The van der Waals surface area contributed by atoms with E-state index in [4.69, 9.17) is 9.47 Å². The predicted octanol–water partition coefficient (Wildman–Crippen LogP) is 4.46. The van der Waals surface area contributed by atoms with Gasteiger partial charge < -0.3 is 24.6 Å². The standard InChI is InChI=1S/C30H35F6N7O4/c1-3-42(22-9-12-41(13-10-22)28-38-15-21(16-39-28)29(31,32)33)25(44)19-47-14-4-11-37-24-17-40-43(27(45)26(24)30(34,35)36)18-20-5-7-23(46-2)8-6-20/h5-8,15-17,22,37H,3-4,9-14,18-19H2,1-2H3. The summed E-state index contributed by atoms with van der Waals surface area (Å²) in [6, 6.07) is 6.41. The molecule has 3 heterocycles. The number of hydrogen-bond donors (Lipinski definition) is 1. The Hall–Kier alpha value is -4.41. The maximum absolute atomic E-state index is 13.9. The van der Waals surface area contributed by atoms with Crippen molar-refractivity contribution in [3.05, 3.63) is 69.9 Å². The van der Waals surface area contributed by atoms with Crippen LogP contribution in [0.3, 0.4) is 0 Å². The molecule has 1 aliphatic heterocycles. The lowest BCUT2D eigenvalue weighted by molar-refractivity contribution is -0.139. The maximum atomic E-state index is 13.9. The van der Waals surface area contributed by atoms with Crippen molar-refractivity contribution in [1.29, 1.82) is 0 Å². The van der Waals surface area contributed by atoms with Crippen molar-refractivity contribution < 1.29 is 40.6 Å². The Morgan fingerprint density at radius 1 is 1.02 bits per heavy atom. The highest BCUT2D eigenvalue weighted by molar-refractivity contribution is 5.77. The summed E-state index contributed by atoms with van der Waals surface area (Å²) in [5.74, 6) is 0.499. The highest BCUT2D eigenvalue weighted by atomic mass is 19.4. The van der Waals surface area contributed by atoms with E-state index in [1.54, 1.807) is 34.1 Å². The lowest BCUT2D eigenvalue weighted by Gasteiger charge is -2.38. The molecule has 17 heteroatoms. The third kappa shape index (κ3) is 9.33. The smallest absolute Gasteiger partial charge is 0.423 e. The van der Waals surface area contributed by atoms with E-state index in [2.05, 4.69) is 20.4 Å². The number of nitrogens with zero attached hydrogens (tertiary/aromatic N) is 6. The fourth-order valence-electron chi connectivity index (χ4n) is 5.20. The monoisotopic (exact) mass is 671 g/mol. The number of rotatable bonds is 13. The molecule has 1 saturated heterocycles. The van der Waals surface area contributed by atoms with Gasteiger partial charge in [-0.3, -0.25) is 9.59 Å². The van der Waals surface area contributed by atoms with Crippen molar-refractivity contribution in [2.24, 2.45) is 0 Å². The molecule has 0 aliphatic carbocycles. The fourth-order valence-corrected chi connectivity index (χ4v) is 5.20. The summed E-state index contributed by atoms with van der Waals surface area (Å²) in [7, 11) is 1.48. The summed E-state index contributed by atoms with van der Waals surface area (Å²) < 4.78 is 91.3. The van der Waals surface area contributed by atoms with Crippen LogP contribution in [0.1, 0.15) is 42.9 Å². The number of aromatic nitrogens is 4. The van der Waals surface area contributed by atoms with Gasteiger partial charge in [-0.15, -0.1) is 0 Å². The Morgan fingerprint density at radius 2 is 1.68 bits per heavy atom. The highest BCUT2D eigenvalue weighted by Crippen LogP contribution is 2.32. The van der Waals surface area contributed by atoms with Crippen LogP contribution in [-0.4, -0.2) is 83.1 Å². The molecule has 1 amide bonds. The second-order valence-corrected chi connectivity index (χ2v) is 10.7. The van der Waals surface area contributed by atoms with Crippen LogP contribution in [0.4, 0.5) is 38.0 Å². The van der Waals surface area contributed by atoms with Gasteiger partial charge in [0, 0.05) is 51.2 Å². The minimum Gasteiger partial charge on any atom is -0.497 e. The highest BCUT2D eigenvalue weighted by Gasteiger charge is 2.38. The molecule has 1 N–H and O–H groups in total. The number of likely N-dealkylation sites (N-methyl/N-ethyl adjacent to an activating group) is 1. The molecule has 4 rings (SSSR count). The van der Waals surface area contributed by atoms with E-state index in [1.807, 2.05) is 6.92 Å². The summed E-state index contributed by atoms with van der Waals surface area (Å²) in [6.45, 7) is 2.86. The summed E-state index contributed by atoms with van der Waals surface area (Å²) >= 11 is 0. The number of anilines is 2. The van der Waals surface area contributed by atoms with Crippen molar-refractivity contribution in [2.45, 2.75) is 51.1 Å². The molecule has 47 heavy (non-hydrogen) atoms. The molecule has 2 aromatic heterocycles. The van der Waals surface area contributed by atoms with E-state index in [0.717, 1.165) is 23.3 Å². The number of hydrogen-bond acceptors (Lipinski definition) is 9. The van der Waals surface area contributed by atoms with Crippen molar-refractivity contribution in [3.63, 3.8) is 0 Å². The quantitative estimate of drug-likeness (QED) is 0.208. The molecule has 0 atom stereocenters. The summed E-state index contributed by atoms with van der Waals surface area (Å²) in [5, 5.41) is 6.52. The average molecular weight is 672 g/mol. The zero-order valence-corrected chi connectivity index (χ0v) is 25.8. The average Bonchev–Trinajstić information content (AvgIpc) is 3.04. The Morgan fingerprint density at radius 3 is 2.26 bits per heavy atom.